The van der Waals surface area contributed by atoms with Crippen LogP contribution in [0.15, 0.2) is 0 Å². The van der Waals surface area contributed by atoms with Gasteiger partial charge in [-0.25, -0.2) is 4.57 Å². The fourth-order valence-electron chi connectivity index (χ4n) is 7.06. The van der Waals surface area contributed by atoms with Crippen LogP contribution in [0.4, 0.5) is 0 Å². The van der Waals surface area contributed by atoms with Crippen molar-refractivity contribution in [1.29, 1.82) is 0 Å². The van der Waals surface area contributed by atoms with Crippen LogP contribution in [0.5, 0.6) is 0 Å². The summed E-state index contributed by atoms with van der Waals surface area (Å²) in [4.78, 5) is 22.8. The minimum Gasteiger partial charge on any atom is -0.393 e. The van der Waals surface area contributed by atoms with Crippen LogP contribution in [0.2, 0.25) is 0 Å². The van der Waals surface area contributed by atoms with Crippen LogP contribution in [0, 0.1) is 0 Å². The van der Waals surface area contributed by atoms with E-state index in [4.69, 9.17) is 14.8 Å². The predicted octanol–water partition coefficient (Wildman–Crippen LogP) is 11.6. The van der Waals surface area contributed by atoms with Gasteiger partial charge in [0.2, 0.25) is 5.91 Å². The number of hydrogen-bond donors (Lipinski definition) is 5. The molecule has 0 aromatic heterocycles. The van der Waals surface area contributed by atoms with E-state index >= 15 is 0 Å². The Labute approximate surface area is 327 Å². The first-order valence-corrected chi connectivity index (χ1v) is 24.2. The summed E-state index contributed by atoms with van der Waals surface area (Å²) in [6.45, 7) is 4.07. The van der Waals surface area contributed by atoms with E-state index in [2.05, 4.69) is 19.2 Å². The number of carbonyl (C=O) groups is 1. The van der Waals surface area contributed by atoms with Crippen molar-refractivity contribution in [3.63, 3.8) is 0 Å². The number of phosphoric acid groups is 1. The average Bonchev–Trinajstić information content (AvgIpc) is 3.13. The van der Waals surface area contributed by atoms with Gasteiger partial charge in [-0.2, -0.15) is 0 Å². The van der Waals surface area contributed by atoms with Crippen molar-refractivity contribution in [1.82, 2.24) is 5.32 Å². The largest absolute Gasteiger partial charge is 0.472 e. The molecule has 0 heterocycles. The van der Waals surface area contributed by atoms with Crippen molar-refractivity contribution in [3.8, 4) is 0 Å². The number of amides is 1. The highest BCUT2D eigenvalue weighted by Gasteiger charge is 2.28. The molecule has 1 amide bonds. The second kappa shape index (κ2) is 39.7. The molecule has 4 unspecified atom stereocenters. The van der Waals surface area contributed by atoms with Gasteiger partial charge in [0.15, 0.2) is 0 Å². The Morgan fingerprint density at radius 1 is 0.566 bits per heavy atom. The van der Waals surface area contributed by atoms with Crippen molar-refractivity contribution in [2.24, 2.45) is 5.73 Å². The van der Waals surface area contributed by atoms with Crippen LogP contribution < -0.4 is 11.1 Å². The predicted molar refractivity (Wildman–Crippen MR) is 223 cm³/mol. The third kappa shape index (κ3) is 38.1. The Morgan fingerprint density at radius 2 is 0.906 bits per heavy atom. The second-order valence-corrected chi connectivity index (χ2v) is 17.3. The molecule has 0 rings (SSSR count). The molecule has 53 heavy (non-hydrogen) atoms. The zero-order valence-corrected chi connectivity index (χ0v) is 35.8. The van der Waals surface area contributed by atoms with Gasteiger partial charge in [-0.1, -0.05) is 213 Å². The number of rotatable bonds is 43. The van der Waals surface area contributed by atoms with E-state index in [1.165, 1.54) is 161 Å². The molecular formula is C43H89N2O7P. The van der Waals surface area contributed by atoms with Crippen molar-refractivity contribution < 1.29 is 33.5 Å². The smallest absolute Gasteiger partial charge is 0.393 e. The molecule has 0 aromatic carbocycles. The normalized spacial score (nSPS) is 14.6. The molecule has 0 aliphatic heterocycles. The zero-order chi connectivity index (χ0) is 39.1. The first-order valence-electron chi connectivity index (χ1n) is 22.7. The highest BCUT2D eigenvalue weighted by atomic mass is 31.2. The summed E-state index contributed by atoms with van der Waals surface area (Å²) in [5.74, 6) is -0.409. The molecule has 0 bridgehead atoms. The first-order chi connectivity index (χ1) is 25.8. The van der Waals surface area contributed by atoms with E-state index < -0.39 is 32.0 Å². The van der Waals surface area contributed by atoms with Crippen LogP contribution in [-0.4, -0.2) is 59.0 Å². The number of phosphoric ester groups is 1. The number of carbonyl (C=O) groups excluding carboxylic acids is 1. The lowest BCUT2D eigenvalue weighted by molar-refractivity contribution is -0.125. The van der Waals surface area contributed by atoms with Gasteiger partial charge in [-0.3, -0.25) is 13.8 Å². The number of unbranched alkanes of at least 4 members (excludes halogenated alkanes) is 29. The van der Waals surface area contributed by atoms with Gasteiger partial charge in [-0.15, -0.1) is 0 Å². The Hall–Kier alpha value is -0.540. The highest BCUT2D eigenvalue weighted by molar-refractivity contribution is 7.47. The Bertz CT molecular complexity index is 822. The second-order valence-electron chi connectivity index (χ2n) is 15.8. The average molecular weight is 777 g/mol. The summed E-state index contributed by atoms with van der Waals surface area (Å²) in [6, 6.07) is -0.890. The van der Waals surface area contributed by atoms with Crippen LogP contribution in [0.25, 0.3) is 0 Å². The third-order valence-corrected chi connectivity index (χ3v) is 11.5. The maximum absolute atomic E-state index is 12.8. The van der Waals surface area contributed by atoms with Crippen molar-refractivity contribution >= 4 is 13.7 Å². The maximum atomic E-state index is 12.8. The third-order valence-electron chi connectivity index (χ3n) is 10.5. The maximum Gasteiger partial charge on any atom is 0.472 e. The SMILES string of the molecule is CCCCCCCCCCCCCCCCCCCC(O)CC(=O)NC(COP(=O)(O)OCCN)C(O)CCCCCCCCCCCCCCCC. The summed E-state index contributed by atoms with van der Waals surface area (Å²) >= 11 is 0. The molecule has 0 fully saturated rings. The van der Waals surface area contributed by atoms with Gasteiger partial charge in [0.25, 0.3) is 0 Å². The summed E-state index contributed by atoms with van der Waals surface area (Å²) in [5.41, 5.74) is 5.37. The molecule has 0 aliphatic rings. The van der Waals surface area contributed by atoms with Crippen molar-refractivity contribution in [2.75, 3.05) is 19.8 Å². The molecule has 0 aliphatic carbocycles. The Kier molecular flexibility index (Phi) is 39.3. The van der Waals surface area contributed by atoms with Crippen molar-refractivity contribution in [2.45, 2.75) is 250 Å². The zero-order valence-electron chi connectivity index (χ0n) is 34.9. The van der Waals surface area contributed by atoms with Crippen molar-refractivity contribution in [3.05, 3.63) is 0 Å². The van der Waals surface area contributed by atoms with Gasteiger partial charge in [-0.05, 0) is 12.8 Å². The van der Waals surface area contributed by atoms with Crippen LogP contribution in [-0.2, 0) is 18.4 Å². The molecule has 0 spiro atoms. The summed E-state index contributed by atoms with van der Waals surface area (Å²) in [7, 11) is -4.37. The van der Waals surface area contributed by atoms with Gasteiger partial charge in [0, 0.05) is 6.54 Å². The molecule has 0 saturated carbocycles. The summed E-state index contributed by atoms with van der Waals surface area (Å²) in [5, 5.41) is 24.2. The molecule has 318 valence electrons. The molecule has 0 aromatic rings. The lowest BCUT2D eigenvalue weighted by atomic mass is 10.0. The van der Waals surface area contributed by atoms with E-state index in [0.29, 0.717) is 12.8 Å². The monoisotopic (exact) mass is 777 g/mol. The van der Waals surface area contributed by atoms with E-state index in [-0.39, 0.29) is 26.2 Å². The Balaban J connectivity index is 4.19. The van der Waals surface area contributed by atoms with E-state index in [1.807, 2.05) is 0 Å². The molecule has 10 heteroatoms. The minimum absolute atomic E-state index is 0.0627. The van der Waals surface area contributed by atoms with Crippen LogP contribution in [0.1, 0.15) is 232 Å². The van der Waals surface area contributed by atoms with Crippen LogP contribution in [0.3, 0.4) is 0 Å². The lowest BCUT2D eigenvalue weighted by Crippen LogP contribution is -2.47. The number of aliphatic hydroxyl groups excluding tert-OH is 2. The highest BCUT2D eigenvalue weighted by Crippen LogP contribution is 2.43. The minimum atomic E-state index is -4.37. The lowest BCUT2D eigenvalue weighted by Gasteiger charge is -2.25. The van der Waals surface area contributed by atoms with Gasteiger partial charge in [0.05, 0.1) is 37.9 Å². The van der Waals surface area contributed by atoms with Gasteiger partial charge in [0.1, 0.15) is 0 Å². The molecular weight excluding hydrogens is 687 g/mol. The molecule has 9 nitrogen and oxygen atoms in total. The molecule has 0 radical (unpaired) electrons. The number of nitrogens with one attached hydrogen (secondary N) is 1. The van der Waals surface area contributed by atoms with E-state index in [0.717, 1.165) is 38.5 Å². The Morgan fingerprint density at radius 3 is 1.26 bits per heavy atom. The molecule has 4 atom stereocenters. The molecule has 0 saturated heterocycles. The summed E-state index contributed by atoms with van der Waals surface area (Å²) in [6.07, 6.45) is 38.6. The topological polar surface area (TPSA) is 151 Å². The fourth-order valence-corrected chi connectivity index (χ4v) is 7.82. The summed E-state index contributed by atoms with van der Waals surface area (Å²) < 4.78 is 22.1. The first kappa shape index (κ1) is 52.5. The standard InChI is InChI=1S/C43H89N2O7P/c1-3-5-7-9-11-13-15-17-19-20-21-22-24-26-28-30-32-34-40(46)38-43(48)45-41(39-52-53(49,50)51-37-36-44)42(47)35-33-31-29-27-25-23-18-16-14-12-10-8-6-4-2/h40-42,46-47H,3-39,44H2,1-2H3,(H,45,48)(H,49,50). The van der Waals surface area contributed by atoms with Crippen LogP contribution >= 0.6 is 7.82 Å². The fraction of sp³-hybridized carbons (Fsp3) is 0.977. The van der Waals surface area contributed by atoms with Gasteiger partial charge >= 0.3 is 7.82 Å². The van der Waals surface area contributed by atoms with E-state index in [9.17, 15) is 24.5 Å². The van der Waals surface area contributed by atoms with Gasteiger partial charge < -0.3 is 26.2 Å². The number of hydrogen-bond acceptors (Lipinski definition) is 7. The quantitative estimate of drug-likeness (QED) is 0.0303. The number of nitrogens with two attached hydrogens (primary N) is 1. The van der Waals surface area contributed by atoms with E-state index in [1.54, 1.807) is 0 Å². The number of aliphatic hydroxyl groups is 2. The molecule has 6 N–H and O–H groups in total.